The summed E-state index contributed by atoms with van der Waals surface area (Å²) in [6.45, 7) is 9.38. The third-order valence-corrected chi connectivity index (χ3v) is 8.03. The predicted octanol–water partition coefficient (Wildman–Crippen LogP) is 7.40. The van der Waals surface area contributed by atoms with Gasteiger partial charge in [0.05, 0.1) is 22.6 Å². The normalized spacial score (nSPS) is 14.8. The van der Waals surface area contributed by atoms with Crippen molar-refractivity contribution in [2.45, 2.75) is 52.1 Å². The summed E-state index contributed by atoms with van der Waals surface area (Å²) < 4.78 is 57.0. The van der Waals surface area contributed by atoms with Crippen LogP contribution in [0.1, 0.15) is 60.2 Å². The van der Waals surface area contributed by atoms with Gasteiger partial charge in [0.2, 0.25) is 0 Å². The molecular weight excluding hydrogens is 629 g/mol. The van der Waals surface area contributed by atoms with Gasteiger partial charge in [-0.3, -0.25) is 15.0 Å². The first-order valence-electron chi connectivity index (χ1n) is 14.3. The number of carbonyl (C=O) groups excluding carboxylic acids is 2. The van der Waals surface area contributed by atoms with E-state index in [0.29, 0.717) is 32.7 Å². The van der Waals surface area contributed by atoms with Crippen LogP contribution in [0.5, 0.6) is 5.75 Å². The van der Waals surface area contributed by atoms with Crippen LogP contribution in [0.15, 0.2) is 48.5 Å². The number of halogens is 3. The molecule has 0 spiro atoms. The molecule has 0 bridgehead atoms. The van der Waals surface area contributed by atoms with Gasteiger partial charge in [-0.2, -0.15) is 13.2 Å². The molecule has 0 aliphatic carbocycles. The third kappa shape index (κ3) is 8.66. The molecule has 248 valence electrons. The quantitative estimate of drug-likeness (QED) is 0.142. The number of hydrogen-bond donors (Lipinski definition) is 1. The van der Waals surface area contributed by atoms with Crippen molar-refractivity contribution in [2.24, 2.45) is 0 Å². The van der Waals surface area contributed by atoms with Crippen molar-refractivity contribution in [2.75, 3.05) is 38.6 Å². The Bertz CT molecular complexity index is 1580. The zero-order valence-electron chi connectivity index (χ0n) is 26.0. The topological polar surface area (TPSA) is 123 Å². The van der Waals surface area contributed by atoms with Crippen molar-refractivity contribution in [1.82, 2.24) is 9.80 Å². The van der Waals surface area contributed by atoms with Crippen LogP contribution < -0.4 is 10.1 Å². The summed E-state index contributed by atoms with van der Waals surface area (Å²) in [6.07, 6.45) is -6.09. The molecule has 0 unspecified atom stereocenters. The number of hydrogen-bond acceptors (Lipinski definition) is 10. The number of nitrogens with one attached hydrogen (secondary N) is 1. The predicted molar refractivity (Wildman–Crippen MR) is 166 cm³/mol. The van der Waals surface area contributed by atoms with Crippen LogP contribution in [0.25, 0.3) is 0 Å². The molecule has 1 N–H and O–H groups in total. The van der Waals surface area contributed by atoms with Gasteiger partial charge in [-0.25, -0.2) is 9.59 Å². The lowest BCUT2D eigenvalue weighted by Crippen LogP contribution is -2.49. The van der Waals surface area contributed by atoms with Crippen molar-refractivity contribution < 1.29 is 41.9 Å². The Morgan fingerprint density at radius 1 is 1.07 bits per heavy atom. The van der Waals surface area contributed by atoms with E-state index in [4.69, 9.17) is 14.2 Å². The van der Waals surface area contributed by atoms with E-state index >= 15 is 0 Å². The second-order valence-corrected chi connectivity index (χ2v) is 12.7. The summed E-state index contributed by atoms with van der Waals surface area (Å²) in [7, 11) is 1.16. The summed E-state index contributed by atoms with van der Waals surface area (Å²) in [4.78, 5) is 40.0. The number of thiophene rings is 1. The molecule has 1 aliphatic rings. The van der Waals surface area contributed by atoms with E-state index in [1.54, 1.807) is 37.8 Å². The maximum absolute atomic E-state index is 13.6. The number of benzene rings is 2. The van der Waals surface area contributed by atoms with Gasteiger partial charge < -0.3 is 24.4 Å². The molecule has 2 heterocycles. The van der Waals surface area contributed by atoms with Crippen LogP contribution in [0.3, 0.4) is 0 Å². The SMILES string of the molecule is COC(=O)c1sc(Nc2cc(CN3CCN(C(=O)OC(C)(C)C)CC3)ccc2[N+](=O)[O-])cc1O[C@H](C)c1ccccc1C(F)(F)F. The minimum absolute atomic E-state index is 0.0250. The summed E-state index contributed by atoms with van der Waals surface area (Å²) in [5.41, 5.74) is -0.898. The molecule has 11 nitrogen and oxygen atoms in total. The number of esters is 1. The van der Waals surface area contributed by atoms with Gasteiger partial charge in [-0.05, 0) is 45.4 Å². The molecular formula is C31H35F3N4O7S. The largest absolute Gasteiger partial charge is 0.484 e. The highest BCUT2D eigenvalue weighted by Gasteiger charge is 2.35. The van der Waals surface area contributed by atoms with E-state index in [0.717, 1.165) is 30.1 Å². The van der Waals surface area contributed by atoms with Gasteiger partial charge in [0, 0.05) is 50.4 Å². The molecule has 1 aromatic heterocycles. The smallest absolute Gasteiger partial charge is 0.416 e. The van der Waals surface area contributed by atoms with Crippen LogP contribution in [0.4, 0.5) is 34.3 Å². The van der Waals surface area contributed by atoms with Crippen LogP contribution in [0.2, 0.25) is 0 Å². The number of carbonyl (C=O) groups is 2. The minimum atomic E-state index is -4.61. The van der Waals surface area contributed by atoms with Gasteiger partial charge in [0.25, 0.3) is 5.69 Å². The number of methoxy groups -OCH3 is 1. The molecule has 46 heavy (non-hydrogen) atoms. The Hall–Kier alpha value is -4.37. The molecule has 1 saturated heterocycles. The fourth-order valence-corrected chi connectivity index (χ4v) is 5.79. The average molecular weight is 665 g/mol. The van der Waals surface area contributed by atoms with Crippen molar-refractivity contribution in [3.05, 3.63) is 80.2 Å². The molecule has 1 atom stereocenters. The van der Waals surface area contributed by atoms with Crippen molar-refractivity contribution in [3.63, 3.8) is 0 Å². The van der Waals surface area contributed by atoms with E-state index in [-0.39, 0.29) is 38.7 Å². The molecule has 0 saturated carbocycles. The van der Waals surface area contributed by atoms with Gasteiger partial charge in [-0.15, -0.1) is 11.3 Å². The van der Waals surface area contributed by atoms with Crippen molar-refractivity contribution in [3.8, 4) is 5.75 Å². The van der Waals surface area contributed by atoms with Gasteiger partial charge >= 0.3 is 18.2 Å². The first-order valence-corrected chi connectivity index (χ1v) is 15.2. The molecule has 4 rings (SSSR count). The summed E-state index contributed by atoms with van der Waals surface area (Å²) in [6, 6.07) is 11.0. The Kier molecular flexibility index (Phi) is 10.5. The first kappa shape index (κ1) is 34.5. The van der Waals surface area contributed by atoms with E-state index in [1.807, 2.05) is 0 Å². The molecule has 3 aromatic rings. The summed E-state index contributed by atoms with van der Waals surface area (Å²) in [5.74, 6) is -0.816. The summed E-state index contributed by atoms with van der Waals surface area (Å²) in [5, 5.41) is 15.1. The maximum Gasteiger partial charge on any atom is 0.416 e. The second-order valence-electron chi connectivity index (χ2n) is 11.6. The summed E-state index contributed by atoms with van der Waals surface area (Å²) >= 11 is 0.887. The fraction of sp³-hybridized carbons (Fsp3) is 0.419. The van der Waals surface area contributed by atoms with Crippen LogP contribution in [-0.2, 0) is 22.2 Å². The Morgan fingerprint density at radius 3 is 2.35 bits per heavy atom. The lowest BCUT2D eigenvalue weighted by molar-refractivity contribution is -0.383. The van der Waals surface area contributed by atoms with Crippen LogP contribution >= 0.6 is 11.3 Å². The zero-order valence-corrected chi connectivity index (χ0v) is 26.8. The standard InChI is InChI=1S/C31H35F3N4O7S/c1-19(21-8-6-7-9-22(21)31(32,33)34)44-25-17-26(46-27(25)28(39)43-5)35-23-16-20(10-11-24(23)38(41)42)18-36-12-14-37(15-13-36)29(40)45-30(2,3)4/h6-11,16-17,19,35H,12-15,18H2,1-5H3/t19-/m1/s1. The minimum Gasteiger partial charge on any atom is -0.484 e. The van der Waals surface area contributed by atoms with Gasteiger partial charge in [-0.1, -0.05) is 24.3 Å². The number of nitrogens with zero attached hydrogens (tertiary/aromatic N) is 3. The molecule has 15 heteroatoms. The van der Waals surface area contributed by atoms with E-state index in [9.17, 15) is 32.9 Å². The lowest BCUT2D eigenvalue weighted by atomic mass is 10.0. The number of nitro groups is 1. The van der Waals surface area contributed by atoms with Gasteiger partial charge in [0.15, 0.2) is 4.88 Å². The Morgan fingerprint density at radius 2 is 1.74 bits per heavy atom. The second kappa shape index (κ2) is 14.0. The fourth-order valence-electron chi connectivity index (χ4n) is 4.87. The third-order valence-electron chi connectivity index (χ3n) is 7.02. The highest BCUT2D eigenvalue weighted by atomic mass is 32.1. The number of anilines is 2. The molecule has 2 aromatic carbocycles. The Balaban J connectivity index is 1.53. The van der Waals surface area contributed by atoms with E-state index in [1.165, 1.54) is 37.3 Å². The molecule has 1 fully saturated rings. The van der Waals surface area contributed by atoms with E-state index < -0.39 is 34.3 Å². The highest BCUT2D eigenvalue weighted by Crippen LogP contribution is 2.41. The first-order chi connectivity index (χ1) is 21.6. The Labute approximate surface area is 268 Å². The monoisotopic (exact) mass is 664 g/mol. The average Bonchev–Trinajstić information content (AvgIpc) is 3.37. The number of rotatable bonds is 9. The van der Waals surface area contributed by atoms with Crippen molar-refractivity contribution >= 4 is 39.8 Å². The highest BCUT2D eigenvalue weighted by molar-refractivity contribution is 7.18. The van der Waals surface area contributed by atoms with Crippen LogP contribution in [0, 0.1) is 10.1 Å². The number of nitro benzene ring substituents is 1. The van der Waals surface area contributed by atoms with E-state index in [2.05, 4.69) is 10.2 Å². The molecule has 0 radical (unpaired) electrons. The number of amides is 1. The zero-order chi connectivity index (χ0) is 33.8. The van der Waals surface area contributed by atoms with Crippen molar-refractivity contribution in [1.29, 1.82) is 0 Å². The number of ether oxygens (including phenoxy) is 3. The lowest BCUT2D eigenvalue weighted by Gasteiger charge is -2.35. The van der Waals surface area contributed by atoms with Gasteiger partial charge in [0.1, 0.15) is 23.1 Å². The number of piperazine rings is 1. The number of alkyl halides is 3. The maximum atomic E-state index is 13.6. The van der Waals surface area contributed by atoms with Crippen LogP contribution in [-0.4, -0.2) is 65.7 Å². The molecule has 1 amide bonds. The molecule has 1 aliphatic heterocycles.